The zero-order valence-electron chi connectivity index (χ0n) is 18.5. The molecule has 0 saturated carbocycles. The van der Waals surface area contributed by atoms with Crippen LogP contribution < -0.4 is 5.32 Å². The Bertz CT molecular complexity index is 1310. The molecule has 170 valence electrons. The monoisotopic (exact) mass is 469 g/mol. The molecule has 1 saturated heterocycles. The Morgan fingerprint density at radius 3 is 2.59 bits per heavy atom. The molecule has 7 nitrogen and oxygen atoms in total. The van der Waals surface area contributed by atoms with Gasteiger partial charge in [-0.3, -0.25) is 9.97 Å². The number of esters is 1. The number of para-hydroxylation sites is 1. The van der Waals surface area contributed by atoms with E-state index in [9.17, 15) is 4.79 Å². The van der Waals surface area contributed by atoms with Gasteiger partial charge in [-0.05, 0) is 66.3 Å². The number of methoxy groups -OCH3 is 1. The van der Waals surface area contributed by atoms with Crippen molar-refractivity contribution >= 4 is 23.3 Å². The number of nitrogens with zero attached hydrogens (tertiary/aromatic N) is 4. The van der Waals surface area contributed by atoms with E-state index in [1.807, 2.05) is 65.4 Å². The Kier molecular flexibility index (Phi) is 6.05. The molecule has 1 aliphatic heterocycles. The van der Waals surface area contributed by atoms with Crippen LogP contribution in [0.2, 0.25) is 0 Å². The highest BCUT2D eigenvalue weighted by molar-refractivity contribution is 7.80. The van der Waals surface area contributed by atoms with E-state index in [1.54, 1.807) is 24.7 Å². The van der Waals surface area contributed by atoms with Gasteiger partial charge in [0.1, 0.15) is 0 Å². The fraction of sp³-hybridized carbons (Fsp3) is 0.154. The van der Waals surface area contributed by atoms with Gasteiger partial charge in [0.25, 0.3) is 0 Å². The minimum Gasteiger partial charge on any atom is -0.465 e. The van der Waals surface area contributed by atoms with Crippen LogP contribution in [-0.4, -0.2) is 37.6 Å². The fourth-order valence-electron chi connectivity index (χ4n) is 4.40. The summed E-state index contributed by atoms with van der Waals surface area (Å²) in [6.07, 6.45) is 7.30. The van der Waals surface area contributed by atoms with Gasteiger partial charge < -0.3 is 19.5 Å². The lowest BCUT2D eigenvalue weighted by Crippen LogP contribution is -2.30. The summed E-state index contributed by atoms with van der Waals surface area (Å²) < 4.78 is 7.07. The molecular formula is C26H23N5O2S. The lowest BCUT2D eigenvalue weighted by molar-refractivity contribution is 0.0600. The van der Waals surface area contributed by atoms with Crippen molar-refractivity contribution in [1.29, 1.82) is 0 Å². The van der Waals surface area contributed by atoms with E-state index in [0.29, 0.717) is 17.2 Å². The summed E-state index contributed by atoms with van der Waals surface area (Å²) in [6.45, 7) is 0.603. The van der Waals surface area contributed by atoms with E-state index in [4.69, 9.17) is 17.0 Å². The van der Waals surface area contributed by atoms with Gasteiger partial charge in [0.05, 0.1) is 36.1 Å². The Balaban J connectivity index is 1.63. The predicted molar refractivity (Wildman–Crippen MR) is 132 cm³/mol. The number of thiocarbonyl (C=S) groups is 1. The average molecular weight is 470 g/mol. The van der Waals surface area contributed by atoms with Crippen LogP contribution in [0.15, 0.2) is 91.5 Å². The number of carbonyl (C=O) groups excluding carboxylic acids is 1. The third kappa shape index (κ3) is 4.04. The molecule has 1 aromatic carbocycles. The first-order valence-corrected chi connectivity index (χ1v) is 11.3. The molecule has 4 heterocycles. The van der Waals surface area contributed by atoms with Crippen LogP contribution in [0.5, 0.6) is 0 Å². The molecule has 8 heteroatoms. The molecule has 1 N–H and O–H groups in total. The highest BCUT2D eigenvalue weighted by Gasteiger charge is 2.41. The molecule has 0 bridgehead atoms. The Labute approximate surface area is 203 Å². The average Bonchev–Trinajstić information content (AvgIpc) is 3.49. The number of nitrogens with one attached hydrogen (secondary N) is 1. The Hall–Kier alpha value is -4.04. The van der Waals surface area contributed by atoms with Gasteiger partial charge in [-0.25, -0.2) is 4.79 Å². The topological polar surface area (TPSA) is 72.3 Å². The third-order valence-electron chi connectivity index (χ3n) is 5.95. The van der Waals surface area contributed by atoms with E-state index in [-0.39, 0.29) is 18.1 Å². The van der Waals surface area contributed by atoms with Gasteiger partial charge in [0, 0.05) is 37.0 Å². The SMILES string of the molecule is COC(=O)c1ccccc1-n1cccc1[C@@H]1[C@H](c2ccccn2)NC(=S)N1Cc1ccncc1. The number of carbonyl (C=O) groups is 1. The summed E-state index contributed by atoms with van der Waals surface area (Å²) >= 11 is 5.80. The second kappa shape index (κ2) is 9.44. The zero-order valence-corrected chi connectivity index (χ0v) is 19.4. The van der Waals surface area contributed by atoms with Gasteiger partial charge in [-0.1, -0.05) is 18.2 Å². The lowest BCUT2D eigenvalue weighted by Gasteiger charge is -2.29. The molecule has 0 spiro atoms. The van der Waals surface area contributed by atoms with Crippen LogP contribution in [0.25, 0.3) is 5.69 Å². The van der Waals surface area contributed by atoms with E-state index in [2.05, 4.69) is 26.3 Å². The molecular weight excluding hydrogens is 446 g/mol. The maximum absolute atomic E-state index is 12.5. The van der Waals surface area contributed by atoms with Gasteiger partial charge in [0.2, 0.25) is 0 Å². The van der Waals surface area contributed by atoms with E-state index < -0.39 is 0 Å². The summed E-state index contributed by atoms with van der Waals surface area (Å²) in [7, 11) is 1.39. The number of benzene rings is 1. The summed E-state index contributed by atoms with van der Waals surface area (Å²) in [5.74, 6) is -0.384. The highest BCUT2D eigenvalue weighted by atomic mass is 32.1. The molecule has 4 aromatic rings. The zero-order chi connectivity index (χ0) is 23.5. The van der Waals surface area contributed by atoms with Crippen molar-refractivity contribution in [3.63, 3.8) is 0 Å². The minimum absolute atomic E-state index is 0.170. The lowest BCUT2D eigenvalue weighted by atomic mass is 10.0. The van der Waals surface area contributed by atoms with Crippen molar-refractivity contribution in [3.05, 3.63) is 114 Å². The molecule has 1 aliphatic rings. The largest absolute Gasteiger partial charge is 0.465 e. The molecule has 0 radical (unpaired) electrons. The summed E-state index contributed by atoms with van der Waals surface area (Å²) in [5.41, 5.74) is 4.20. The first-order chi connectivity index (χ1) is 16.7. The molecule has 0 amide bonds. The van der Waals surface area contributed by atoms with Gasteiger partial charge in [-0.2, -0.15) is 0 Å². The molecule has 0 aliphatic carbocycles. The standard InChI is InChI=1S/C26H23N5O2S/c1-33-25(32)19-7-2-3-9-21(19)30-16-6-10-22(30)24-23(20-8-4-5-13-28-20)29-26(34)31(24)17-18-11-14-27-15-12-18/h2-16,23-24H,17H2,1H3,(H,29,34)/t23-,24+/m0/s1. The maximum atomic E-state index is 12.5. The quantitative estimate of drug-likeness (QED) is 0.335. The summed E-state index contributed by atoms with van der Waals surface area (Å²) in [6, 6.07) is 21.0. The summed E-state index contributed by atoms with van der Waals surface area (Å²) in [5, 5.41) is 4.13. The van der Waals surface area contributed by atoms with Crippen molar-refractivity contribution in [3.8, 4) is 5.69 Å². The first-order valence-electron chi connectivity index (χ1n) is 10.9. The Morgan fingerprint density at radius 1 is 1.03 bits per heavy atom. The van der Waals surface area contributed by atoms with Crippen molar-refractivity contribution in [1.82, 2.24) is 24.8 Å². The van der Waals surface area contributed by atoms with Gasteiger partial charge in [0.15, 0.2) is 5.11 Å². The number of rotatable bonds is 6. The number of ether oxygens (including phenoxy) is 1. The third-order valence-corrected chi connectivity index (χ3v) is 6.30. The van der Waals surface area contributed by atoms with Crippen LogP contribution in [0.4, 0.5) is 0 Å². The van der Waals surface area contributed by atoms with E-state index >= 15 is 0 Å². The van der Waals surface area contributed by atoms with Crippen molar-refractivity contribution in [2.24, 2.45) is 0 Å². The molecule has 3 aromatic heterocycles. The van der Waals surface area contributed by atoms with Crippen LogP contribution in [-0.2, 0) is 11.3 Å². The van der Waals surface area contributed by atoms with Crippen molar-refractivity contribution in [2.75, 3.05) is 7.11 Å². The minimum atomic E-state index is -0.384. The first kappa shape index (κ1) is 21.8. The Morgan fingerprint density at radius 2 is 1.82 bits per heavy atom. The number of hydrogen-bond donors (Lipinski definition) is 1. The maximum Gasteiger partial charge on any atom is 0.339 e. The molecule has 0 unspecified atom stereocenters. The highest BCUT2D eigenvalue weighted by Crippen LogP contribution is 2.40. The normalized spacial score (nSPS) is 17.4. The van der Waals surface area contributed by atoms with Crippen molar-refractivity contribution < 1.29 is 9.53 Å². The molecule has 1 fully saturated rings. The van der Waals surface area contributed by atoms with Crippen LogP contribution in [0.1, 0.15) is 39.4 Å². The number of aromatic nitrogens is 3. The fourth-order valence-corrected chi connectivity index (χ4v) is 4.71. The van der Waals surface area contributed by atoms with Crippen molar-refractivity contribution in [2.45, 2.75) is 18.6 Å². The second-order valence-electron chi connectivity index (χ2n) is 7.92. The second-order valence-corrected chi connectivity index (χ2v) is 8.31. The number of hydrogen-bond acceptors (Lipinski definition) is 5. The van der Waals surface area contributed by atoms with Crippen LogP contribution in [0.3, 0.4) is 0 Å². The molecule has 2 atom stereocenters. The molecule has 5 rings (SSSR count). The number of pyridine rings is 2. The molecule has 34 heavy (non-hydrogen) atoms. The van der Waals surface area contributed by atoms with E-state index in [1.165, 1.54) is 7.11 Å². The van der Waals surface area contributed by atoms with Gasteiger partial charge in [-0.15, -0.1) is 0 Å². The van der Waals surface area contributed by atoms with Crippen LogP contribution >= 0.6 is 12.2 Å². The predicted octanol–water partition coefficient (Wildman–Crippen LogP) is 4.23. The smallest absolute Gasteiger partial charge is 0.339 e. The van der Waals surface area contributed by atoms with Gasteiger partial charge >= 0.3 is 5.97 Å². The van der Waals surface area contributed by atoms with E-state index in [0.717, 1.165) is 22.6 Å². The van der Waals surface area contributed by atoms with Crippen LogP contribution in [0, 0.1) is 0 Å². The summed E-state index contributed by atoms with van der Waals surface area (Å²) in [4.78, 5) is 23.4.